The predicted molar refractivity (Wildman–Crippen MR) is 95.4 cm³/mol. The van der Waals surface area contributed by atoms with Crippen molar-refractivity contribution in [2.24, 2.45) is 11.7 Å². The average molecular weight is 401 g/mol. The number of hydrogen-bond acceptors (Lipinski definition) is 7. The maximum Gasteiger partial charge on any atom is 0.281 e. The normalized spacial score (nSPS) is 17.4. The van der Waals surface area contributed by atoms with Crippen LogP contribution in [0, 0.1) is 18.8 Å². The highest BCUT2D eigenvalue weighted by atomic mass is 32.1. The molecule has 2 aromatic rings. The molecule has 1 fully saturated rings. The molecule has 2 aromatic heterocycles. The summed E-state index contributed by atoms with van der Waals surface area (Å²) in [7, 11) is 0. The number of piperidine rings is 1. The van der Waals surface area contributed by atoms with Crippen molar-refractivity contribution < 1.29 is 17.9 Å². The van der Waals surface area contributed by atoms with E-state index in [0.717, 1.165) is 25.9 Å². The van der Waals surface area contributed by atoms with Gasteiger partial charge in [-0.2, -0.15) is 9.37 Å². The van der Waals surface area contributed by atoms with Crippen LogP contribution in [0.4, 0.5) is 13.2 Å². The quantitative estimate of drug-likeness (QED) is 0.719. The lowest BCUT2D eigenvalue weighted by Crippen LogP contribution is -2.41. The SMILES string of the molecule is Cc1nc(F)cc(OCC2CCN(C(CN)c3scnc3C(F)F)CC2)n1. The van der Waals surface area contributed by atoms with Crippen LogP contribution >= 0.6 is 11.3 Å². The molecule has 0 spiro atoms. The molecule has 27 heavy (non-hydrogen) atoms. The number of rotatable bonds is 7. The third-order valence-corrected chi connectivity index (χ3v) is 5.64. The van der Waals surface area contributed by atoms with Crippen molar-refractivity contribution in [2.45, 2.75) is 32.2 Å². The molecule has 0 bridgehead atoms. The number of aromatic nitrogens is 3. The van der Waals surface area contributed by atoms with Crippen molar-refractivity contribution in [3.05, 3.63) is 33.9 Å². The van der Waals surface area contributed by atoms with Gasteiger partial charge in [0.25, 0.3) is 6.43 Å². The third-order valence-electron chi connectivity index (χ3n) is 4.70. The highest BCUT2D eigenvalue weighted by molar-refractivity contribution is 7.09. The molecule has 0 saturated carbocycles. The molecule has 0 amide bonds. The summed E-state index contributed by atoms with van der Waals surface area (Å²) >= 11 is 1.23. The number of halogens is 3. The maximum atomic E-state index is 13.3. The van der Waals surface area contributed by atoms with Crippen LogP contribution in [0.25, 0.3) is 0 Å². The van der Waals surface area contributed by atoms with Crippen molar-refractivity contribution in [2.75, 3.05) is 26.2 Å². The zero-order valence-electron chi connectivity index (χ0n) is 14.9. The molecular weight excluding hydrogens is 379 g/mol. The molecule has 2 N–H and O–H groups in total. The molecule has 3 rings (SSSR count). The Morgan fingerprint density at radius 3 is 2.70 bits per heavy atom. The minimum Gasteiger partial charge on any atom is -0.477 e. The first-order valence-electron chi connectivity index (χ1n) is 8.77. The molecule has 10 heteroatoms. The van der Waals surface area contributed by atoms with Crippen LogP contribution in [0.2, 0.25) is 0 Å². The molecule has 1 aliphatic heterocycles. The first kappa shape index (κ1) is 20.0. The van der Waals surface area contributed by atoms with E-state index in [9.17, 15) is 13.2 Å². The molecule has 148 valence electrons. The number of likely N-dealkylation sites (tertiary alicyclic amines) is 1. The molecular formula is C17H22F3N5OS. The topological polar surface area (TPSA) is 77.2 Å². The van der Waals surface area contributed by atoms with Gasteiger partial charge < -0.3 is 10.5 Å². The van der Waals surface area contributed by atoms with E-state index in [1.807, 2.05) is 0 Å². The Labute approximate surface area is 159 Å². The second-order valence-electron chi connectivity index (χ2n) is 6.52. The van der Waals surface area contributed by atoms with E-state index >= 15 is 0 Å². The summed E-state index contributed by atoms with van der Waals surface area (Å²) in [5.74, 6) is 0.227. The highest BCUT2D eigenvalue weighted by Gasteiger charge is 2.30. The number of nitrogens with zero attached hydrogens (tertiary/aromatic N) is 4. The lowest BCUT2D eigenvalue weighted by atomic mass is 9.96. The number of nitrogens with two attached hydrogens (primary N) is 1. The van der Waals surface area contributed by atoms with E-state index < -0.39 is 12.4 Å². The van der Waals surface area contributed by atoms with Crippen molar-refractivity contribution >= 4 is 11.3 Å². The average Bonchev–Trinajstić information content (AvgIpc) is 3.11. The van der Waals surface area contributed by atoms with E-state index in [1.54, 1.807) is 6.92 Å². The molecule has 0 aromatic carbocycles. The number of hydrogen-bond donors (Lipinski definition) is 1. The molecule has 0 aliphatic carbocycles. The van der Waals surface area contributed by atoms with E-state index in [4.69, 9.17) is 10.5 Å². The fourth-order valence-electron chi connectivity index (χ4n) is 3.31. The highest BCUT2D eigenvalue weighted by Crippen LogP contribution is 2.34. The van der Waals surface area contributed by atoms with Crippen molar-refractivity contribution in [1.82, 2.24) is 19.9 Å². The Hall–Kier alpha value is -1.78. The van der Waals surface area contributed by atoms with Crippen LogP contribution < -0.4 is 10.5 Å². The van der Waals surface area contributed by atoms with Crippen LogP contribution in [0.15, 0.2) is 11.6 Å². The van der Waals surface area contributed by atoms with Gasteiger partial charge in [-0.25, -0.2) is 18.7 Å². The summed E-state index contributed by atoms with van der Waals surface area (Å²) in [5.41, 5.74) is 7.16. The molecule has 0 radical (unpaired) electrons. The van der Waals surface area contributed by atoms with E-state index in [2.05, 4.69) is 19.9 Å². The standard InChI is InChI=1S/C17H22F3N5OS/c1-10-23-13(18)6-14(24-10)26-8-11-2-4-25(5-3-11)12(7-21)16-15(17(19)20)22-9-27-16/h6,9,11-12,17H,2-5,7-8,21H2,1H3. The molecule has 1 saturated heterocycles. The lowest BCUT2D eigenvalue weighted by molar-refractivity contribution is 0.104. The van der Waals surface area contributed by atoms with Crippen LogP contribution in [-0.4, -0.2) is 46.1 Å². The maximum absolute atomic E-state index is 13.3. The second kappa shape index (κ2) is 8.94. The fraction of sp³-hybridized carbons (Fsp3) is 0.588. The Morgan fingerprint density at radius 1 is 1.33 bits per heavy atom. The third kappa shape index (κ3) is 4.94. The Bertz CT molecular complexity index is 732. The van der Waals surface area contributed by atoms with Crippen molar-refractivity contribution in [3.8, 4) is 5.88 Å². The Kier molecular flexibility index (Phi) is 6.61. The van der Waals surface area contributed by atoms with Crippen LogP contribution in [0.1, 0.15) is 41.7 Å². The monoisotopic (exact) mass is 401 g/mol. The van der Waals surface area contributed by atoms with Gasteiger partial charge in [0.1, 0.15) is 11.5 Å². The van der Waals surface area contributed by atoms with Gasteiger partial charge in [0, 0.05) is 6.54 Å². The summed E-state index contributed by atoms with van der Waals surface area (Å²) in [5, 5.41) is 0. The summed E-state index contributed by atoms with van der Waals surface area (Å²) < 4.78 is 45.2. The molecule has 1 atom stereocenters. The van der Waals surface area contributed by atoms with E-state index in [0.29, 0.717) is 17.3 Å². The minimum atomic E-state index is -2.59. The summed E-state index contributed by atoms with van der Waals surface area (Å²) in [6.07, 6.45) is -0.916. The molecule has 1 aliphatic rings. The number of thiazole rings is 1. The lowest BCUT2D eigenvalue weighted by Gasteiger charge is -2.36. The largest absolute Gasteiger partial charge is 0.477 e. The first-order chi connectivity index (χ1) is 13.0. The Morgan fingerprint density at radius 2 is 2.07 bits per heavy atom. The fourth-order valence-corrected chi connectivity index (χ4v) is 4.26. The molecule has 6 nitrogen and oxygen atoms in total. The van der Waals surface area contributed by atoms with Crippen molar-refractivity contribution in [1.29, 1.82) is 0 Å². The summed E-state index contributed by atoms with van der Waals surface area (Å²) in [6.45, 7) is 3.76. The van der Waals surface area contributed by atoms with Gasteiger partial charge in [-0.05, 0) is 38.8 Å². The van der Waals surface area contributed by atoms with E-state index in [-0.39, 0.29) is 30.1 Å². The smallest absolute Gasteiger partial charge is 0.281 e. The van der Waals surface area contributed by atoms with Gasteiger partial charge in [0.15, 0.2) is 0 Å². The van der Waals surface area contributed by atoms with E-state index in [1.165, 1.54) is 22.9 Å². The zero-order chi connectivity index (χ0) is 19.4. The van der Waals surface area contributed by atoms with Gasteiger partial charge in [-0.15, -0.1) is 11.3 Å². The van der Waals surface area contributed by atoms with Gasteiger partial charge in [-0.1, -0.05) is 0 Å². The Balaban J connectivity index is 1.55. The van der Waals surface area contributed by atoms with Gasteiger partial charge in [0.05, 0.1) is 29.1 Å². The predicted octanol–water partition coefficient (Wildman–Crippen LogP) is 3.11. The number of alkyl halides is 2. The minimum absolute atomic E-state index is 0.165. The van der Waals surface area contributed by atoms with Crippen LogP contribution in [0.5, 0.6) is 5.88 Å². The number of ether oxygens (including phenoxy) is 1. The van der Waals surface area contributed by atoms with Crippen LogP contribution in [0.3, 0.4) is 0 Å². The number of aryl methyl sites for hydroxylation is 1. The second-order valence-corrected chi connectivity index (χ2v) is 7.41. The summed E-state index contributed by atoms with van der Waals surface area (Å²) in [6, 6.07) is 0.921. The van der Waals surface area contributed by atoms with Gasteiger partial charge in [-0.3, -0.25) is 4.90 Å². The first-order valence-corrected chi connectivity index (χ1v) is 9.65. The van der Waals surface area contributed by atoms with Gasteiger partial charge >= 0.3 is 0 Å². The van der Waals surface area contributed by atoms with Gasteiger partial charge in [0.2, 0.25) is 11.8 Å². The van der Waals surface area contributed by atoms with Crippen LogP contribution in [-0.2, 0) is 0 Å². The summed E-state index contributed by atoms with van der Waals surface area (Å²) in [4.78, 5) is 14.1. The zero-order valence-corrected chi connectivity index (χ0v) is 15.8. The molecule has 3 heterocycles. The molecule has 1 unspecified atom stereocenters. The van der Waals surface area contributed by atoms with Crippen molar-refractivity contribution in [3.63, 3.8) is 0 Å².